The van der Waals surface area contributed by atoms with Crippen molar-refractivity contribution in [2.45, 2.75) is 78.1 Å². The number of aryl methyl sites for hydroxylation is 1. The second-order valence-electron chi connectivity index (χ2n) is 10.7. The number of benzene rings is 1. The molecule has 1 aliphatic carbocycles. The number of rotatable bonds is 13. The second kappa shape index (κ2) is 14.1. The van der Waals surface area contributed by atoms with E-state index in [9.17, 15) is 0 Å². The van der Waals surface area contributed by atoms with Crippen LogP contribution in [-0.2, 0) is 11.2 Å². The molecule has 0 amide bonds. The van der Waals surface area contributed by atoms with Gasteiger partial charge in [0.15, 0.2) is 0 Å². The van der Waals surface area contributed by atoms with Crippen molar-refractivity contribution in [3.8, 4) is 0 Å². The summed E-state index contributed by atoms with van der Waals surface area (Å²) in [6, 6.07) is 6.55. The summed E-state index contributed by atoms with van der Waals surface area (Å²) in [7, 11) is 1.80. The Kier molecular flexibility index (Phi) is 11.2. The summed E-state index contributed by atoms with van der Waals surface area (Å²) in [5.74, 6) is 1.63. The van der Waals surface area contributed by atoms with Crippen molar-refractivity contribution < 1.29 is 4.74 Å². The molecular weight excluding hydrogens is 464 g/mol. The highest BCUT2D eigenvalue weighted by atomic mass is 35.5. The summed E-state index contributed by atoms with van der Waals surface area (Å²) in [5.41, 5.74) is 13.9. The molecular formula is C32H47ClN2O. The van der Waals surface area contributed by atoms with Crippen molar-refractivity contribution in [1.82, 2.24) is 4.90 Å². The maximum Gasteiger partial charge on any atom is 0.0527 e. The maximum atomic E-state index is 6.39. The molecule has 2 N–H and O–H groups in total. The Labute approximate surface area is 225 Å². The average molecular weight is 511 g/mol. The van der Waals surface area contributed by atoms with E-state index in [0.29, 0.717) is 23.5 Å². The van der Waals surface area contributed by atoms with Crippen LogP contribution in [0.5, 0.6) is 0 Å². The van der Waals surface area contributed by atoms with Gasteiger partial charge in [-0.05, 0) is 91.8 Å². The highest BCUT2D eigenvalue weighted by Gasteiger charge is 2.30. The summed E-state index contributed by atoms with van der Waals surface area (Å²) in [6.07, 6.45) is 15.9. The Morgan fingerprint density at radius 3 is 2.81 bits per heavy atom. The summed E-state index contributed by atoms with van der Waals surface area (Å²) >= 11 is 6.39. The molecule has 1 aromatic carbocycles. The zero-order chi connectivity index (χ0) is 26.1. The van der Waals surface area contributed by atoms with Gasteiger partial charge in [0.25, 0.3) is 0 Å². The van der Waals surface area contributed by atoms with E-state index < -0.39 is 0 Å². The van der Waals surface area contributed by atoms with Gasteiger partial charge in [0, 0.05) is 48.5 Å². The van der Waals surface area contributed by atoms with E-state index in [1.54, 1.807) is 12.7 Å². The minimum atomic E-state index is 0.495. The maximum absolute atomic E-state index is 6.39. The van der Waals surface area contributed by atoms with Gasteiger partial charge in [0.2, 0.25) is 0 Å². The van der Waals surface area contributed by atoms with E-state index in [1.165, 1.54) is 41.7 Å². The van der Waals surface area contributed by atoms with Gasteiger partial charge in [0.05, 0.1) is 6.61 Å². The van der Waals surface area contributed by atoms with E-state index >= 15 is 0 Å². The fraction of sp³-hybridized carbons (Fsp3) is 0.562. The highest BCUT2D eigenvalue weighted by Crippen LogP contribution is 2.41. The molecule has 0 saturated heterocycles. The van der Waals surface area contributed by atoms with Gasteiger partial charge < -0.3 is 15.4 Å². The largest absolute Gasteiger partial charge is 0.399 e. The van der Waals surface area contributed by atoms with E-state index in [-0.39, 0.29) is 0 Å². The monoisotopic (exact) mass is 510 g/mol. The van der Waals surface area contributed by atoms with Crippen LogP contribution in [0.25, 0.3) is 0 Å². The molecule has 3 unspecified atom stereocenters. The summed E-state index contributed by atoms with van der Waals surface area (Å²) in [4.78, 5) is 2.64. The molecule has 0 aromatic heterocycles. The first-order chi connectivity index (χ1) is 17.4. The van der Waals surface area contributed by atoms with Gasteiger partial charge in [-0.25, -0.2) is 0 Å². The standard InChI is InChI=1S/C32H47ClN2O/c1-6-10-26-19-30(33)15-16-31(26)29-18-27-14-13-25(24(4)34)20-32(27)35(21-29)17-9-8-12-23(3)28(11-7-2)22-36-5/h7,11,15-16,19-20,23,28-29H,4,6,8-10,12-14,17-18,21-22,34H2,1-3,5H3/b11-7+. The van der Waals surface area contributed by atoms with E-state index in [4.69, 9.17) is 22.1 Å². The molecule has 0 radical (unpaired) electrons. The summed E-state index contributed by atoms with van der Waals surface area (Å²) < 4.78 is 5.46. The quantitative estimate of drug-likeness (QED) is 0.215. The molecule has 0 saturated carbocycles. The predicted molar refractivity (Wildman–Crippen MR) is 155 cm³/mol. The van der Waals surface area contributed by atoms with E-state index in [1.807, 2.05) is 0 Å². The third kappa shape index (κ3) is 7.52. The van der Waals surface area contributed by atoms with Crippen LogP contribution in [0, 0.1) is 11.8 Å². The second-order valence-corrected chi connectivity index (χ2v) is 11.2. The first kappa shape index (κ1) is 28.6. The van der Waals surface area contributed by atoms with Crippen molar-refractivity contribution in [2.24, 2.45) is 17.6 Å². The average Bonchev–Trinajstić information content (AvgIpc) is 2.86. The number of hydrogen-bond donors (Lipinski definition) is 1. The van der Waals surface area contributed by atoms with Crippen molar-refractivity contribution in [3.63, 3.8) is 0 Å². The number of methoxy groups -OCH3 is 1. The van der Waals surface area contributed by atoms with Gasteiger partial charge in [-0.1, -0.05) is 63.1 Å². The van der Waals surface area contributed by atoms with Gasteiger partial charge >= 0.3 is 0 Å². The Morgan fingerprint density at radius 1 is 1.31 bits per heavy atom. The first-order valence-corrected chi connectivity index (χ1v) is 14.3. The van der Waals surface area contributed by atoms with Crippen LogP contribution < -0.4 is 5.73 Å². The lowest BCUT2D eigenvalue weighted by Crippen LogP contribution is -2.35. The van der Waals surface area contributed by atoms with Crippen LogP contribution in [0.4, 0.5) is 0 Å². The fourth-order valence-corrected chi connectivity index (χ4v) is 6.16. The molecule has 3 rings (SSSR count). The number of unbranched alkanes of at least 4 members (excludes halogenated alkanes) is 1. The van der Waals surface area contributed by atoms with Gasteiger partial charge in [-0.3, -0.25) is 0 Å². The lowest BCUT2D eigenvalue weighted by Gasteiger charge is -2.40. The van der Waals surface area contributed by atoms with Crippen molar-refractivity contribution in [3.05, 3.63) is 81.7 Å². The Bertz CT molecular complexity index is 976. The Balaban J connectivity index is 1.75. The lowest BCUT2D eigenvalue weighted by molar-refractivity contribution is 0.143. The summed E-state index contributed by atoms with van der Waals surface area (Å²) in [6.45, 7) is 13.7. The third-order valence-electron chi connectivity index (χ3n) is 7.99. The van der Waals surface area contributed by atoms with Gasteiger partial charge in [-0.2, -0.15) is 0 Å². The molecule has 1 heterocycles. The number of nitrogens with two attached hydrogens (primary N) is 1. The molecule has 0 bridgehead atoms. The van der Waals surface area contributed by atoms with Crippen LogP contribution in [0.1, 0.15) is 82.8 Å². The number of allylic oxidation sites excluding steroid dienone is 4. The zero-order valence-corrected chi connectivity index (χ0v) is 23.7. The Morgan fingerprint density at radius 2 is 2.11 bits per heavy atom. The summed E-state index contributed by atoms with van der Waals surface area (Å²) in [5, 5.41) is 0.847. The van der Waals surface area contributed by atoms with Crippen LogP contribution in [0.15, 0.2) is 65.5 Å². The Hall–Kier alpha value is -1.97. The minimum absolute atomic E-state index is 0.495. The molecule has 1 aromatic rings. The van der Waals surface area contributed by atoms with Crippen molar-refractivity contribution >= 4 is 11.6 Å². The van der Waals surface area contributed by atoms with Crippen molar-refractivity contribution in [1.29, 1.82) is 0 Å². The SMILES string of the molecule is C=C(N)C1=CC2=C(CC1)CC(c1ccc(Cl)cc1CCC)CN2CCCCC(C)C(/C=C/C)COC. The molecule has 3 atom stereocenters. The molecule has 3 nitrogen and oxygen atoms in total. The minimum Gasteiger partial charge on any atom is -0.399 e. The molecule has 2 aliphatic rings. The third-order valence-corrected chi connectivity index (χ3v) is 8.22. The molecule has 4 heteroatoms. The molecule has 0 fully saturated rings. The van der Waals surface area contributed by atoms with Crippen LogP contribution in [-0.4, -0.2) is 31.7 Å². The lowest BCUT2D eigenvalue weighted by atomic mass is 9.80. The van der Waals surface area contributed by atoms with Gasteiger partial charge in [-0.15, -0.1) is 0 Å². The predicted octanol–water partition coefficient (Wildman–Crippen LogP) is 8.17. The van der Waals surface area contributed by atoms with Crippen LogP contribution >= 0.6 is 11.6 Å². The van der Waals surface area contributed by atoms with E-state index in [0.717, 1.165) is 56.8 Å². The number of hydrogen-bond acceptors (Lipinski definition) is 3. The first-order valence-electron chi connectivity index (χ1n) is 13.9. The number of ether oxygens (including phenoxy) is 1. The zero-order valence-electron chi connectivity index (χ0n) is 23.0. The molecule has 1 aliphatic heterocycles. The smallest absolute Gasteiger partial charge is 0.0527 e. The van der Waals surface area contributed by atoms with E-state index in [2.05, 4.69) is 68.7 Å². The van der Waals surface area contributed by atoms with Gasteiger partial charge in [0.1, 0.15) is 0 Å². The topological polar surface area (TPSA) is 38.5 Å². The number of halogens is 1. The fourth-order valence-electron chi connectivity index (χ4n) is 5.96. The number of nitrogens with zero attached hydrogens (tertiary/aromatic N) is 1. The van der Waals surface area contributed by atoms with Crippen molar-refractivity contribution in [2.75, 3.05) is 26.8 Å². The molecule has 0 spiro atoms. The van der Waals surface area contributed by atoms with Crippen LogP contribution in [0.2, 0.25) is 5.02 Å². The normalized spacial score (nSPS) is 19.9. The molecule has 198 valence electrons. The highest BCUT2D eigenvalue weighted by molar-refractivity contribution is 6.30. The van der Waals surface area contributed by atoms with Crippen LogP contribution in [0.3, 0.4) is 0 Å². The molecule has 36 heavy (non-hydrogen) atoms.